The predicted molar refractivity (Wildman–Crippen MR) is 108 cm³/mol. The quantitative estimate of drug-likeness (QED) is 0.587. The Bertz CT molecular complexity index is 958. The maximum absolute atomic E-state index is 13.2. The van der Waals surface area contributed by atoms with Gasteiger partial charge in [-0.25, -0.2) is 8.78 Å². The van der Waals surface area contributed by atoms with Crippen LogP contribution in [0.2, 0.25) is 0 Å². The number of carbonyl (C=O) groups excluding carboxylic acids is 1. The number of furan rings is 1. The third-order valence-electron chi connectivity index (χ3n) is 4.57. The zero-order valence-corrected chi connectivity index (χ0v) is 16.7. The van der Waals surface area contributed by atoms with Crippen LogP contribution in [0.5, 0.6) is 0 Å². The first-order chi connectivity index (χ1) is 13.7. The van der Waals surface area contributed by atoms with Crippen molar-refractivity contribution in [1.29, 1.82) is 0 Å². The molecule has 0 atom stereocenters. The molecule has 0 aliphatic heterocycles. The second kappa shape index (κ2) is 8.57. The van der Waals surface area contributed by atoms with Gasteiger partial charge in [-0.05, 0) is 74.9 Å². The minimum absolute atomic E-state index is 0.169. The summed E-state index contributed by atoms with van der Waals surface area (Å²) in [5, 5.41) is 2.68. The lowest BCUT2D eigenvalue weighted by Crippen LogP contribution is -2.40. The molecule has 0 aliphatic carbocycles. The van der Waals surface area contributed by atoms with Crippen molar-refractivity contribution in [2.45, 2.75) is 39.4 Å². The summed E-state index contributed by atoms with van der Waals surface area (Å²) in [5.74, 6) is -0.208. The van der Waals surface area contributed by atoms with Crippen LogP contribution in [0.15, 0.2) is 65.1 Å². The van der Waals surface area contributed by atoms with E-state index in [1.54, 1.807) is 24.3 Å². The summed E-state index contributed by atoms with van der Waals surface area (Å²) in [6.45, 7) is 7.36. The van der Waals surface area contributed by atoms with Gasteiger partial charge in [-0.1, -0.05) is 12.1 Å². The fourth-order valence-electron chi connectivity index (χ4n) is 2.84. The molecule has 4 nitrogen and oxygen atoms in total. The first-order valence-electron chi connectivity index (χ1n) is 9.36. The Morgan fingerprint density at radius 1 is 0.897 bits per heavy atom. The summed E-state index contributed by atoms with van der Waals surface area (Å²) in [4.78, 5) is 14.6. The van der Waals surface area contributed by atoms with Crippen molar-refractivity contribution in [3.05, 3.63) is 89.4 Å². The van der Waals surface area contributed by atoms with Gasteiger partial charge in [0.05, 0.1) is 6.54 Å². The monoisotopic (exact) mass is 398 g/mol. The van der Waals surface area contributed by atoms with Gasteiger partial charge in [-0.2, -0.15) is 0 Å². The molecule has 1 amide bonds. The van der Waals surface area contributed by atoms with Gasteiger partial charge >= 0.3 is 0 Å². The molecule has 3 aromatic rings. The normalized spacial score (nSPS) is 11.7. The van der Waals surface area contributed by atoms with Gasteiger partial charge in [0.25, 0.3) is 5.91 Å². The van der Waals surface area contributed by atoms with Crippen LogP contribution in [-0.4, -0.2) is 16.3 Å². The third kappa shape index (κ3) is 5.74. The Hall–Kier alpha value is -2.99. The molecule has 0 aliphatic rings. The summed E-state index contributed by atoms with van der Waals surface area (Å²) in [6, 6.07) is 15.3. The van der Waals surface area contributed by atoms with Gasteiger partial charge in [-0.3, -0.25) is 9.69 Å². The Morgan fingerprint density at radius 3 is 2.07 bits per heavy atom. The van der Waals surface area contributed by atoms with Crippen LogP contribution in [0.3, 0.4) is 0 Å². The van der Waals surface area contributed by atoms with E-state index in [0.29, 0.717) is 24.5 Å². The molecule has 152 valence electrons. The molecule has 0 unspecified atom stereocenters. The van der Waals surface area contributed by atoms with Gasteiger partial charge in [-0.15, -0.1) is 0 Å². The Labute approximate surface area is 169 Å². The van der Waals surface area contributed by atoms with Crippen molar-refractivity contribution in [1.82, 2.24) is 4.90 Å². The molecular formula is C23H24F2N2O2. The minimum Gasteiger partial charge on any atom is -0.455 e. The topological polar surface area (TPSA) is 45.5 Å². The van der Waals surface area contributed by atoms with Crippen LogP contribution in [0.4, 0.5) is 14.5 Å². The summed E-state index contributed by atoms with van der Waals surface area (Å²) >= 11 is 0. The number of benzene rings is 2. The van der Waals surface area contributed by atoms with E-state index >= 15 is 0 Å². The van der Waals surface area contributed by atoms with E-state index in [0.717, 1.165) is 5.56 Å². The third-order valence-corrected chi connectivity index (χ3v) is 4.57. The molecule has 1 N–H and O–H groups in total. The van der Waals surface area contributed by atoms with Crippen molar-refractivity contribution in [2.75, 3.05) is 5.32 Å². The van der Waals surface area contributed by atoms with E-state index in [-0.39, 0.29) is 22.9 Å². The fraction of sp³-hybridized carbons (Fsp3) is 0.261. The number of anilines is 1. The highest BCUT2D eigenvalue weighted by Crippen LogP contribution is 2.22. The number of nitrogens with one attached hydrogen (secondary N) is 1. The molecule has 0 radical (unpaired) electrons. The molecule has 0 saturated carbocycles. The standard InChI is InChI=1S/C23H24F2N2O2/c1-23(2,3)27(14-16-4-6-17(24)7-5-16)15-20-12-13-21(29-20)22(28)26-19-10-8-18(25)9-11-19/h4-13H,14-15H2,1-3H3,(H,26,28). The lowest BCUT2D eigenvalue weighted by molar-refractivity contribution is 0.0969. The second-order valence-corrected chi connectivity index (χ2v) is 7.88. The number of halogens is 2. The van der Waals surface area contributed by atoms with Gasteiger partial charge in [0.15, 0.2) is 5.76 Å². The number of nitrogens with zero attached hydrogens (tertiary/aromatic N) is 1. The van der Waals surface area contributed by atoms with Crippen molar-refractivity contribution in [2.24, 2.45) is 0 Å². The van der Waals surface area contributed by atoms with Crippen LogP contribution in [0.1, 0.15) is 42.6 Å². The molecule has 6 heteroatoms. The minimum atomic E-state index is -0.399. The second-order valence-electron chi connectivity index (χ2n) is 7.88. The molecule has 29 heavy (non-hydrogen) atoms. The number of hydrogen-bond acceptors (Lipinski definition) is 3. The Morgan fingerprint density at radius 2 is 1.48 bits per heavy atom. The summed E-state index contributed by atoms with van der Waals surface area (Å²) in [5.41, 5.74) is 1.31. The van der Waals surface area contributed by atoms with Crippen molar-refractivity contribution in [3.63, 3.8) is 0 Å². The number of rotatable bonds is 6. The number of amides is 1. The zero-order valence-electron chi connectivity index (χ0n) is 16.7. The predicted octanol–water partition coefficient (Wildman–Crippen LogP) is 5.61. The van der Waals surface area contributed by atoms with Crippen LogP contribution in [0.25, 0.3) is 0 Å². The summed E-state index contributed by atoms with van der Waals surface area (Å²) in [6.07, 6.45) is 0. The maximum Gasteiger partial charge on any atom is 0.291 e. The van der Waals surface area contributed by atoms with E-state index in [4.69, 9.17) is 4.42 Å². The summed E-state index contributed by atoms with van der Waals surface area (Å²) < 4.78 is 31.9. The Balaban J connectivity index is 1.69. The van der Waals surface area contributed by atoms with Gasteiger partial charge in [0.2, 0.25) is 0 Å². The number of carbonyl (C=O) groups is 1. The molecule has 0 bridgehead atoms. The van der Waals surface area contributed by atoms with E-state index in [2.05, 4.69) is 31.0 Å². The van der Waals surface area contributed by atoms with Crippen LogP contribution >= 0.6 is 0 Å². The van der Waals surface area contributed by atoms with Crippen molar-refractivity contribution < 1.29 is 18.0 Å². The van der Waals surface area contributed by atoms with E-state index in [9.17, 15) is 13.6 Å². The fourth-order valence-corrected chi connectivity index (χ4v) is 2.84. The molecule has 3 rings (SSSR count). The van der Waals surface area contributed by atoms with Crippen LogP contribution in [-0.2, 0) is 13.1 Å². The molecule has 0 fully saturated rings. The average Bonchev–Trinajstić information content (AvgIpc) is 3.13. The van der Waals surface area contributed by atoms with Crippen molar-refractivity contribution in [3.8, 4) is 0 Å². The molecule has 1 aromatic heterocycles. The largest absolute Gasteiger partial charge is 0.455 e. The first-order valence-corrected chi connectivity index (χ1v) is 9.36. The van der Waals surface area contributed by atoms with Crippen molar-refractivity contribution >= 4 is 11.6 Å². The van der Waals surface area contributed by atoms with Gasteiger partial charge < -0.3 is 9.73 Å². The SMILES string of the molecule is CC(C)(C)N(Cc1ccc(F)cc1)Cc1ccc(C(=O)Nc2ccc(F)cc2)o1. The average molecular weight is 398 g/mol. The highest BCUT2D eigenvalue weighted by Gasteiger charge is 2.23. The highest BCUT2D eigenvalue weighted by molar-refractivity contribution is 6.02. The molecule has 1 heterocycles. The molecule has 0 spiro atoms. The number of hydrogen-bond donors (Lipinski definition) is 1. The van der Waals surface area contributed by atoms with Crippen LogP contribution < -0.4 is 5.32 Å². The maximum atomic E-state index is 13.2. The summed E-state index contributed by atoms with van der Waals surface area (Å²) in [7, 11) is 0. The van der Waals surface area contributed by atoms with Gasteiger partial charge in [0, 0.05) is 17.8 Å². The molecule has 2 aromatic carbocycles. The lowest BCUT2D eigenvalue weighted by atomic mass is 10.0. The van der Waals surface area contributed by atoms with Gasteiger partial charge in [0.1, 0.15) is 17.4 Å². The molecule has 0 saturated heterocycles. The van der Waals surface area contributed by atoms with Crippen LogP contribution in [0, 0.1) is 11.6 Å². The molecular weight excluding hydrogens is 374 g/mol. The van der Waals surface area contributed by atoms with E-state index in [1.807, 2.05) is 0 Å². The van der Waals surface area contributed by atoms with E-state index in [1.165, 1.54) is 36.4 Å². The zero-order chi connectivity index (χ0) is 21.0. The van der Waals surface area contributed by atoms with E-state index < -0.39 is 5.91 Å². The smallest absolute Gasteiger partial charge is 0.291 e. The Kier molecular flexibility index (Phi) is 6.13. The first kappa shape index (κ1) is 20.7. The lowest BCUT2D eigenvalue weighted by Gasteiger charge is -2.35. The highest BCUT2D eigenvalue weighted by atomic mass is 19.1.